The number of halogens is 1. The molecular formula is C12H16FNO. The lowest BCUT2D eigenvalue weighted by Crippen LogP contribution is -2.28. The summed E-state index contributed by atoms with van der Waals surface area (Å²) >= 11 is 0. The second kappa shape index (κ2) is 4.62. The molecule has 15 heavy (non-hydrogen) atoms. The van der Waals surface area contributed by atoms with Gasteiger partial charge in [-0.25, -0.2) is 4.39 Å². The highest BCUT2D eigenvalue weighted by Crippen LogP contribution is 2.31. The quantitative estimate of drug-likeness (QED) is 0.783. The van der Waals surface area contributed by atoms with Gasteiger partial charge in [0.05, 0.1) is 0 Å². The van der Waals surface area contributed by atoms with Crippen molar-refractivity contribution in [3.63, 3.8) is 0 Å². The summed E-state index contributed by atoms with van der Waals surface area (Å²) in [6, 6.07) is 5.01. The summed E-state index contributed by atoms with van der Waals surface area (Å²) in [7, 11) is 0. The molecule has 1 aromatic carbocycles. The van der Waals surface area contributed by atoms with Gasteiger partial charge >= 0.3 is 0 Å². The van der Waals surface area contributed by atoms with E-state index in [4.69, 9.17) is 0 Å². The maximum absolute atomic E-state index is 12.5. The normalized spacial score (nSPS) is 21.5. The average molecular weight is 209 g/mol. The topological polar surface area (TPSA) is 32.3 Å². The fourth-order valence-electron chi connectivity index (χ4n) is 2.13. The van der Waals surface area contributed by atoms with Crippen LogP contribution in [0.2, 0.25) is 0 Å². The van der Waals surface area contributed by atoms with E-state index >= 15 is 0 Å². The molecule has 1 fully saturated rings. The highest BCUT2D eigenvalue weighted by molar-refractivity contribution is 5.39. The highest BCUT2D eigenvalue weighted by Gasteiger charge is 2.18. The lowest BCUT2D eigenvalue weighted by atomic mass is 9.90. The van der Waals surface area contributed by atoms with E-state index in [9.17, 15) is 9.50 Å². The molecule has 82 valence electrons. The molecule has 1 aliphatic rings. The molecule has 0 amide bonds. The zero-order valence-corrected chi connectivity index (χ0v) is 8.67. The molecule has 1 atom stereocenters. The Labute approximate surface area is 89.1 Å². The van der Waals surface area contributed by atoms with Crippen LogP contribution < -0.4 is 5.32 Å². The third kappa shape index (κ3) is 2.29. The summed E-state index contributed by atoms with van der Waals surface area (Å²) in [5, 5.41) is 13.0. The van der Waals surface area contributed by atoms with Crippen molar-refractivity contribution in [2.45, 2.75) is 25.4 Å². The Morgan fingerprint density at radius 1 is 1.47 bits per heavy atom. The second-order valence-electron chi connectivity index (χ2n) is 4.07. The predicted octanol–water partition coefficient (Wildman–Crippen LogP) is 2.33. The van der Waals surface area contributed by atoms with E-state index in [1.807, 2.05) is 0 Å². The molecule has 0 bridgehead atoms. The molecule has 1 saturated heterocycles. The van der Waals surface area contributed by atoms with Gasteiger partial charge in [0, 0.05) is 12.5 Å². The number of hydrogen-bond acceptors (Lipinski definition) is 2. The fourth-order valence-corrected chi connectivity index (χ4v) is 2.13. The molecule has 2 nitrogen and oxygen atoms in total. The summed E-state index contributed by atoms with van der Waals surface area (Å²) in [5.41, 5.74) is 1.53. The minimum atomic E-state index is -0.465. The third-order valence-corrected chi connectivity index (χ3v) is 2.98. The number of rotatable bonds is 2. The molecule has 0 radical (unpaired) electrons. The molecule has 0 aromatic heterocycles. The zero-order chi connectivity index (χ0) is 10.7. The number of phenols is 1. The Morgan fingerprint density at radius 3 is 3.00 bits per heavy atom. The van der Waals surface area contributed by atoms with Crippen molar-refractivity contribution in [1.82, 2.24) is 5.32 Å². The van der Waals surface area contributed by atoms with Gasteiger partial charge in [-0.05, 0) is 42.6 Å². The Balaban J connectivity index is 2.24. The van der Waals surface area contributed by atoms with E-state index in [1.54, 1.807) is 18.2 Å². The van der Waals surface area contributed by atoms with Crippen LogP contribution >= 0.6 is 0 Å². The molecule has 1 unspecified atom stereocenters. The van der Waals surface area contributed by atoms with Gasteiger partial charge in [0.2, 0.25) is 0 Å². The van der Waals surface area contributed by atoms with Crippen molar-refractivity contribution in [1.29, 1.82) is 0 Å². The number of piperidine rings is 1. The number of hydrogen-bond donors (Lipinski definition) is 2. The van der Waals surface area contributed by atoms with E-state index in [1.165, 1.54) is 0 Å². The van der Waals surface area contributed by atoms with E-state index in [0.29, 0.717) is 17.2 Å². The van der Waals surface area contributed by atoms with Crippen LogP contribution in [-0.2, 0) is 6.67 Å². The number of aromatic hydroxyl groups is 1. The van der Waals surface area contributed by atoms with Gasteiger partial charge in [0.25, 0.3) is 0 Å². The van der Waals surface area contributed by atoms with Crippen molar-refractivity contribution in [3.8, 4) is 5.75 Å². The van der Waals surface area contributed by atoms with E-state index in [0.717, 1.165) is 31.5 Å². The number of nitrogens with one attached hydrogen (secondary N) is 1. The van der Waals surface area contributed by atoms with Crippen LogP contribution in [0.3, 0.4) is 0 Å². The van der Waals surface area contributed by atoms with Gasteiger partial charge in [0.15, 0.2) is 0 Å². The van der Waals surface area contributed by atoms with Crippen LogP contribution in [0.5, 0.6) is 5.75 Å². The van der Waals surface area contributed by atoms with E-state index < -0.39 is 6.67 Å². The molecule has 0 spiro atoms. The van der Waals surface area contributed by atoms with E-state index in [-0.39, 0.29) is 0 Å². The van der Waals surface area contributed by atoms with Gasteiger partial charge in [0.1, 0.15) is 12.4 Å². The first-order valence-electron chi connectivity index (χ1n) is 5.39. The molecule has 2 rings (SSSR count). The summed E-state index contributed by atoms with van der Waals surface area (Å²) in [6.45, 7) is 1.46. The first-order valence-corrected chi connectivity index (χ1v) is 5.39. The zero-order valence-electron chi connectivity index (χ0n) is 8.67. The van der Waals surface area contributed by atoms with Gasteiger partial charge in [-0.1, -0.05) is 6.07 Å². The van der Waals surface area contributed by atoms with Crippen LogP contribution in [-0.4, -0.2) is 18.2 Å². The maximum atomic E-state index is 12.5. The van der Waals surface area contributed by atoms with Crippen LogP contribution in [0.15, 0.2) is 18.2 Å². The Kier molecular flexibility index (Phi) is 3.21. The molecule has 0 aliphatic carbocycles. The molecule has 0 saturated carbocycles. The van der Waals surface area contributed by atoms with Crippen molar-refractivity contribution >= 4 is 0 Å². The monoisotopic (exact) mass is 209 g/mol. The Hall–Kier alpha value is -1.09. The van der Waals surface area contributed by atoms with Crippen LogP contribution in [0.25, 0.3) is 0 Å². The Morgan fingerprint density at radius 2 is 2.33 bits per heavy atom. The summed E-state index contributed by atoms with van der Waals surface area (Å²) in [6.07, 6.45) is 2.18. The minimum absolute atomic E-state index is 0.292. The smallest absolute Gasteiger partial charge is 0.119 e. The molecular weight excluding hydrogens is 193 g/mol. The SMILES string of the molecule is Oc1ccc(CF)cc1C1CCCNC1. The number of alkyl halides is 1. The highest BCUT2D eigenvalue weighted by atomic mass is 19.1. The molecule has 1 heterocycles. The van der Waals surface area contributed by atoms with Crippen molar-refractivity contribution in [3.05, 3.63) is 29.3 Å². The third-order valence-electron chi connectivity index (χ3n) is 2.98. The predicted molar refractivity (Wildman–Crippen MR) is 57.8 cm³/mol. The molecule has 2 N–H and O–H groups in total. The number of benzene rings is 1. The van der Waals surface area contributed by atoms with Crippen LogP contribution in [0.1, 0.15) is 29.9 Å². The van der Waals surface area contributed by atoms with Crippen LogP contribution in [0.4, 0.5) is 4.39 Å². The van der Waals surface area contributed by atoms with Gasteiger partial charge in [-0.3, -0.25) is 0 Å². The Bertz CT molecular complexity index is 334. The lowest BCUT2D eigenvalue weighted by Gasteiger charge is -2.24. The van der Waals surface area contributed by atoms with Crippen molar-refractivity contribution in [2.75, 3.05) is 13.1 Å². The summed E-state index contributed by atoms with van der Waals surface area (Å²) in [5.74, 6) is 0.617. The molecule has 1 aliphatic heterocycles. The van der Waals surface area contributed by atoms with Crippen LogP contribution in [0, 0.1) is 0 Å². The minimum Gasteiger partial charge on any atom is -0.508 e. The lowest BCUT2D eigenvalue weighted by molar-refractivity contribution is 0.423. The van der Waals surface area contributed by atoms with Crippen molar-refractivity contribution < 1.29 is 9.50 Å². The first kappa shape index (κ1) is 10.4. The van der Waals surface area contributed by atoms with E-state index in [2.05, 4.69) is 5.32 Å². The van der Waals surface area contributed by atoms with Gasteiger partial charge < -0.3 is 10.4 Å². The number of phenolic OH excluding ortho intramolecular Hbond substituents is 1. The second-order valence-corrected chi connectivity index (χ2v) is 4.07. The van der Waals surface area contributed by atoms with Crippen molar-refractivity contribution in [2.24, 2.45) is 0 Å². The fraction of sp³-hybridized carbons (Fsp3) is 0.500. The molecule has 1 aromatic rings. The average Bonchev–Trinajstić information content (AvgIpc) is 2.31. The summed E-state index contributed by atoms with van der Waals surface area (Å²) in [4.78, 5) is 0. The van der Waals surface area contributed by atoms with Gasteiger partial charge in [-0.15, -0.1) is 0 Å². The standard InChI is InChI=1S/C12H16FNO/c13-7-9-3-4-12(15)11(6-9)10-2-1-5-14-8-10/h3-4,6,10,14-15H,1-2,5,7-8H2. The molecule has 3 heteroatoms. The van der Waals surface area contributed by atoms with Gasteiger partial charge in [-0.2, -0.15) is 0 Å². The largest absolute Gasteiger partial charge is 0.508 e. The summed E-state index contributed by atoms with van der Waals surface area (Å²) < 4.78 is 12.5. The first-order chi connectivity index (χ1) is 7.31. The maximum Gasteiger partial charge on any atom is 0.119 e.